The fourth-order valence-corrected chi connectivity index (χ4v) is 3.00. The van der Waals surface area contributed by atoms with Crippen LogP contribution in [0.5, 0.6) is 11.5 Å². The van der Waals surface area contributed by atoms with Gasteiger partial charge in [-0.15, -0.1) is 0 Å². The number of rotatable bonds is 5. The number of benzene rings is 1. The highest BCUT2D eigenvalue weighted by molar-refractivity contribution is 5.93. The van der Waals surface area contributed by atoms with Crippen LogP contribution in [0.3, 0.4) is 0 Å². The standard InChI is InChI=1S/C18H20N4O3.CH2O2/c1-24-17-7-13(8-19)4-5-16(17)25-12-14-3-2-6-22(11-14)18(23)15-9-20-21-10-15;2-1-3/h4-5,7,9-10,14H,2-3,6,11-12H2,1H3,(H,20,21);1H,(H,2,3). The number of amides is 1. The maximum atomic E-state index is 12.4. The first-order chi connectivity index (χ1) is 13.6. The van der Waals surface area contributed by atoms with Gasteiger partial charge >= 0.3 is 0 Å². The van der Waals surface area contributed by atoms with Gasteiger partial charge in [0.2, 0.25) is 0 Å². The normalized spacial score (nSPS) is 15.6. The number of methoxy groups -OCH3 is 1. The molecule has 0 spiro atoms. The Morgan fingerprint density at radius 3 is 2.93 bits per heavy atom. The van der Waals surface area contributed by atoms with Gasteiger partial charge < -0.3 is 19.5 Å². The molecule has 3 rings (SSSR count). The molecule has 2 heterocycles. The van der Waals surface area contributed by atoms with Gasteiger partial charge in [-0.1, -0.05) is 0 Å². The van der Waals surface area contributed by atoms with Gasteiger partial charge in [0.05, 0.1) is 37.1 Å². The van der Waals surface area contributed by atoms with Gasteiger partial charge in [-0.25, -0.2) is 0 Å². The minimum atomic E-state index is -0.250. The Labute approximate surface area is 162 Å². The first-order valence-corrected chi connectivity index (χ1v) is 8.69. The summed E-state index contributed by atoms with van der Waals surface area (Å²) in [6.45, 7) is 1.65. The Bertz CT molecular complexity index is 816. The molecule has 0 radical (unpaired) electrons. The van der Waals surface area contributed by atoms with Gasteiger partial charge in [-0.2, -0.15) is 10.4 Å². The molecule has 1 unspecified atom stereocenters. The van der Waals surface area contributed by atoms with Gasteiger partial charge in [0.1, 0.15) is 0 Å². The number of nitrogens with one attached hydrogen (secondary N) is 1. The van der Waals surface area contributed by atoms with Crippen molar-refractivity contribution < 1.29 is 24.2 Å². The van der Waals surface area contributed by atoms with E-state index in [-0.39, 0.29) is 18.3 Å². The molecule has 0 aliphatic carbocycles. The van der Waals surface area contributed by atoms with Crippen molar-refractivity contribution >= 4 is 12.4 Å². The number of H-pyrrole nitrogens is 1. The van der Waals surface area contributed by atoms with Crippen LogP contribution in [0.25, 0.3) is 0 Å². The van der Waals surface area contributed by atoms with Crippen molar-refractivity contribution in [1.82, 2.24) is 15.1 Å². The summed E-state index contributed by atoms with van der Waals surface area (Å²) < 4.78 is 11.2. The van der Waals surface area contributed by atoms with E-state index in [1.165, 1.54) is 0 Å². The zero-order chi connectivity index (χ0) is 20.4. The van der Waals surface area contributed by atoms with Crippen LogP contribution in [0.15, 0.2) is 30.6 Å². The Balaban J connectivity index is 0.000000878. The van der Waals surface area contributed by atoms with Crippen molar-refractivity contribution in [2.45, 2.75) is 12.8 Å². The smallest absolute Gasteiger partial charge is 0.290 e. The molecule has 148 valence electrons. The van der Waals surface area contributed by atoms with E-state index >= 15 is 0 Å². The number of likely N-dealkylation sites (tertiary alicyclic amines) is 1. The minimum Gasteiger partial charge on any atom is -0.493 e. The fourth-order valence-electron chi connectivity index (χ4n) is 3.00. The van der Waals surface area contributed by atoms with E-state index in [9.17, 15) is 4.79 Å². The van der Waals surface area contributed by atoms with Gasteiger partial charge in [0.15, 0.2) is 11.5 Å². The predicted octanol–water partition coefficient (Wildman–Crippen LogP) is 1.92. The highest BCUT2D eigenvalue weighted by Gasteiger charge is 2.25. The van der Waals surface area contributed by atoms with Crippen LogP contribution in [0.4, 0.5) is 0 Å². The first kappa shape index (κ1) is 20.8. The van der Waals surface area contributed by atoms with Crippen molar-refractivity contribution in [3.8, 4) is 17.6 Å². The summed E-state index contributed by atoms with van der Waals surface area (Å²) in [4.78, 5) is 22.6. The first-order valence-electron chi connectivity index (χ1n) is 8.69. The summed E-state index contributed by atoms with van der Waals surface area (Å²) in [5.74, 6) is 1.40. The van der Waals surface area contributed by atoms with E-state index in [2.05, 4.69) is 16.3 Å². The number of nitriles is 1. The number of carbonyl (C=O) groups is 2. The van der Waals surface area contributed by atoms with Gasteiger partial charge in [-0.05, 0) is 25.0 Å². The van der Waals surface area contributed by atoms with Crippen LogP contribution in [0.1, 0.15) is 28.8 Å². The maximum absolute atomic E-state index is 12.4. The average Bonchev–Trinajstić information content (AvgIpc) is 3.27. The van der Waals surface area contributed by atoms with Crippen molar-refractivity contribution in [3.05, 3.63) is 41.7 Å². The van der Waals surface area contributed by atoms with Crippen molar-refractivity contribution in [1.29, 1.82) is 5.26 Å². The van der Waals surface area contributed by atoms with Gasteiger partial charge in [0.25, 0.3) is 12.4 Å². The zero-order valence-corrected chi connectivity index (χ0v) is 15.5. The molecule has 1 fully saturated rings. The highest BCUT2D eigenvalue weighted by Crippen LogP contribution is 2.29. The Morgan fingerprint density at radius 1 is 1.50 bits per heavy atom. The summed E-state index contributed by atoms with van der Waals surface area (Å²) in [6.07, 6.45) is 5.12. The molecule has 1 aromatic heterocycles. The lowest BCUT2D eigenvalue weighted by Crippen LogP contribution is -2.41. The summed E-state index contributed by atoms with van der Waals surface area (Å²) >= 11 is 0. The van der Waals surface area contributed by atoms with Crippen LogP contribution >= 0.6 is 0 Å². The van der Waals surface area contributed by atoms with E-state index in [0.29, 0.717) is 35.8 Å². The molecule has 2 aromatic rings. The molecule has 1 aromatic carbocycles. The Kier molecular flexibility index (Phi) is 7.84. The van der Waals surface area contributed by atoms with Crippen LogP contribution < -0.4 is 9.47 Å². The molecule has 2 N–H and O–H groups in total. The van der Waals surface area contributed by atoms with Crippen LogP contribution in [0.2, 0.25) is 0 Å². The second-order valence-corrected chi connectivity index (χ2v) is 6.14. The third-order valence-corrected chi connectivity index (χ3v) is 4.32. The van der Waals surface area contributed by atoms with E-state index in [1.807, 2.05) is 4.90 Å². The van der Waals surface area contributed by atoms with Crippen molar-refractivity contribution in [3.63, 3.8) is 0 Å². The quantitative estimate of drug-likeness (QED) is 0.751. The lowest BCUT2D eigenvalue weighted by Gasteiger charge is -2.32. The number of hydrogen-bond donors (Lipinski definition) is 2. The molecule has 1 aliphatic heterocycles. The Hall–Kier alpha value is -3.54. The fraction of sp³-hybridized carbons (Fsp3) is 0.368. The molecule has 9 nitrogen and oxygen atoms in total. The van der Waals surface area contributed by atoms with Gasteiger partial charge in [0, 0.05) is 31.3 Å². The van der Waals surface area contributed by atoms with E-state index in [1.54, 1.807) is 37.7 Å². The average molecular weight is 386 g/mol. The SMILES string of the molecule is COc1cc(C#N)ccc1OCC1CCCN(C(=O)c2cn[nH]c2)C1.O=CO. The van der Waals surface area contributed by atoms with E-state index in [0.717, 1.165) is 19.4 Å². The molecule has 9 heteroatoms. The summed E-state index contributed by atoms with van der Waals surface area (Å²) in [5.41, 5.74) is 1.11. The summed E-state index contributed by atoms with van der Waals surface area (Å²) in [5, 5.41) is 22.3. The number of aromatic nitrogens is 2. The predicted molar refractivity (Wildman–Crippen MR) is 99.1 cm³/mol. The summed E-state index contributed by atoms with van der Waals surface area (Å²) in [7, 11) is 1.55. The lowest BCUT2D eigenvalue weighted by molar-refractivity contribution is -0.122. The van der Waals surface area contributed by atoms with Crippen LogP contribution in [0, 0.1) is 17.2 Å². The van der Waals surface area contributed by atoms with E-state index < -0.39 is 0 Å². The molecule has 1 atom stereocenters. The highest BCUT2D eigenvalue weighted by atomic mass is 16.5. The number of carboxylic acid groups (broad SMARTS) is 1. The van der Waals surface area contributed by atoms with Crippen LogP contribution in [-0.2, 0) is 4.79 Å². The number of hydrogen-bond acceptors (Lipinski definition) is 6. The molecule has 0 bridgehead atoms. The molecule has 1 saturated heterocycles. The van der Waals surface area contributed by atoms with Gasteiger partial charge in [-0.3, -0.25) is 14.7 Å². The lowest BCUT2D eigenvalue weighted by atomic mass is 9.98. The zero-order valence-electron chi connectivity index (χ0n) is 15.5. The monoisotopic (exact) mass is 386 g/mol. The molecular weight excluding hydrogens is 364 g/mol. The minimum absolute atomic E-state index is 0.00518. The largest absolute Gasteiger partial charge is 0.493 e. The molecule has 1 aliphatic rings. The second kappa shape index (κ2) is 10.6. The topological polar surface area (TPSA) is 129 Å². The molecule has 0 saturated carbocycles. The second-order valence-electron chi connectivity index (χ2n) is 6.14. The van der Waals surface area contributed by atoms with E-state index in [4.69, 9.17) is 24.6 Å². The molecular formula is C19H22N4O5. The van der Waals surface area contributed by atoms with Crippen molar-refractivity contribution in [2.24, 2.45) is 5.92 Å². The van der Waals surface area contributed by atoms with Crippen molar-refractivity contribution in [2.75, 3.05) is 26.8 Å². The molecule has 1 amide bonds. The van der Waals surface area contributed by atoms with Crippen LogP contribution in [-0.4, -0.2) is 59.4 Å². The molecule has 28 heavy (non-hydrogen) atoms. The Morgan fingerprint density at radius 2 is 2.29 bits per heavy atom. The third kappa shape index (κ3) is 5.48. The maximum Gasteiger partial charge on any atom is 0.290 e. The number of piperidine rings is 1. The number of carbonyl (C=O) groups excluding carboxylic acids is 1. The number of ether oxygens (including phenoxy) is 2. The summed E-state index contributed by atoms with van der Waals surface area (Å²) in [6, 6.07) is 7.18. The number of aromatic amines is 1. The number of nitrogens with zero attached hydrogens (tertiary/aromatic N) is 3. The third-order valence-electron chi connectivity index (χ3n) is 4.32.